The third-order valence-corrected chi connectivity index (χ3v) is 6.02. The van der Waals surface area contributed by atoms with Gasteiger partial charge in [-0.3, -0.25) is 4.79 Å². The Morgan fingerprint density at radius 3 is 2.77 bits per heavy atom. The number of amides is 1. The van der Waals surface area contributed by atoms with Crippen molar-refractivity contribution in [2.75, 3.05) is 31.3 Å². The van der Waals surface area contributed by atoms with Gasteiger partial charge in [-0.25, -0.2) is 13.2 Å². The van der Waals surface area contributed by atoms with Gasteiger partial charge in [0.2, 0.25) is 0 Å². The van der Waals surface area contributed by atoms with Gasteiger partial charge in [-0.1, -0.05) is 11.6 Å². The molecule has 0 saturated carbocycles. The Hall–Kier alpha value is -2.00. The lowest BCUT2D eigenvalue weighted by Gasteiger charge is -2.12. The van der Waals surface area contributed by atoms with Crippen LogP contribution in [0.3, 0.4) is 0 Å². The fraction of sp³-hybridized carbons (Fsp3) is 0.500. The molecule has 8 nitrogen and oxygen atoms in total. The standard InChI is InChI=1S/C16H18ClNO7S/c17-12-6-10(7-13-15(12)24-4-1-3-23-13)16(20)25-8-14(19)18-11-2-5-26(21,22)9-11/h6-7,11H,1-5,8-9H2,(H,18,19)/t11-/m0/s1. The van der Waals surface area contributed by atoms with E-state index < -0.39 is 34.4 Å². The van der Waals surface area contributed by atoms with Gasteiger partial charge in [-0.2, -0.15) is 0 Å². The maximum atomic E-state index is 12.2. The predicted octanol–water partition coefficient (Wildman–Crippen LogP) is 0.961. The van der Waals surface area contributed by atoms with E-state index in [0.717, 1.165) is 0 Å². The summed E-state index contributed by atoms with van der Waals surface area (Å²) in [5.74, 6) is -0.612. The van der Waals surface area contributed by atoms with E-state index in [2.05, 4.69) is 5.32 Å². The quantitative estimate of drug-likeness (QED) is 0.746. The van der Waals surface area contributed by atoms with Crippen LogP contribution in [0, 0.1) is 0 Å². The Labute approximate surface area is 155 Å². The highest BCUT2D eigenvalue weighted by Gasteiger charge is 2.29. The molecule has 1 atom stereocenters. The van der Waals surface area contributed by atoms with E-state index in [-0.39, 0.29) is 22.1 Å². The molecule has 1 amide bonds. The van der Waals surface area contributed by atoms with Gasteiger partial charge in [-0.05, 0) is 18.6 Å². The largest absolute Gasteiger partial charge is 0.489 e. The van der Waals surface area contributed by atoms with E-state index in [0.29, 0.717) is 37.6 Å². The lowest BCUT2D eigenvalue weighted by molar-refractivity contribution is -0.124. The van der Waals surface area contributed by atoms with Gasteiger partial charge in [0.05, 0.1) is 35.3 Å². The van der Waals surface area contributed by atoms with Crippen LogP contribution >= 0.6 is 11.6 Å². The van der Waals surface area contributed by atoms with Gasteiger partial charge in [0.15, 0.2) is 27.9 Å². The molecule has 1 fully saturated rings. The second-order valence-corrected chi connectivity index (χ2v) is 8.72. The third-order valence-electron chi connectivity index (χ3n) is 3.97. The molecule has 1 aromatic rings. The zero-order valence-corrected chi connectivity index (χ0v) is 15.4. The van der Waals surface area contributed by atoms with Crippen molar-refractivity contribution >= 4 is 33.3 Å². The molecule has 2 aliphatic heterocycles. The molecule has 0 spiro atoms. The molecule has 2 heterocycles. The second-order valence-electron chi connectivity index (χ2n) is 6.08. The number of fused-ring (bicyclic) bond motifs is 1. The molecule has 0 aromatic heterocycles. The maximum absolute atomic E-state index is 12.2. The van der Waals surface area contributed by atoms with Crippen LogP contribution in [0.5, 0.6) is 11.5 Å². The average Bonchev–Trinajstić information content (AvgIpc) is 2.78. The van der Waals surface area contributed by atoms with Crippen LogP contribution in [0.15, 0.2) is 12.1 Å². The molecular weight excluding hydrogens is 386 g/mol. The number of carbonyl (C=O) groups is 2. The fourth-order valence-electron chi connectivity index (χ4n) is 2.74. The van der Waals surface area contributed by atoms with Gasteiger partial charge < -0.3 is 19.5 Å². The maximum Gasteiger partial charge on any atom is 0.338 e. The monoisotopic (exact) mass is 403 g/mol. The Bertz CT molecular complexity index is 824. The number of nitrogens with one attached hydrogen (secondary N) is 1. The molecule has 0 radical (unpaired) electrons. The van der Waals surface area contributed by atoms with Crippen LogP contribution in [0.4, 0.5) is 0 Å². The second kappa shape index (κ2) is 7.71. The lowest BCUT2D eigenvalue weighted by atomic mass is 10.2. The highest BCUT2D eigenvalue weighted by atomic mass is 35.5. The summed E-state index contributed by atoms with van der Waals surface area (Å²) >= 11 is 6.12. The summed E-state index contributed by atoms with van der Waals surface area (Å²) in [4.78, 5) is 24.0. The number of rotatable bonds is 4. The van der Waals surface area contributed by atoms with Gasteiger partial charge in [-0.15, -0.1) is 0 Å². The van der Waals surface area contributed by atoms with Crippen molar-refractivity contribution < 1.29 is 32.2 Å². The smallest absolute Gasteiger partial charge is 0.338 e. The zero-order valence-electron chi connectivity index (χ0n) is 13.8. The van der Waals surface area contributed by atoms with E-state index in [1.54, 1.807) is 0 Å². The number of carbonyl (C=O) groups excluding carboxylic acids is 2. The molecule has 1 N–H and O–H groups in total. The number of benzene rings is 1. The fourth-order valence-corrected chi connectivity index (χ4v) is 4.68. The van der Waals surface area contributed by atoms with E-state index in [9.17, 15) is 18.0 Å². The first kappa shape index (κ1) is 18.8. The van der Waals surface area contributed by atoms with Crippen molar-refractivity contribution in [3.63, 3.8) is 0 Å². The molecule has 0 aliphatic carbocycles. The predicted molar refractivity (Wildman–Crippen MR) is 92.5 cm³/mol. The highest BCUT2D eigenvalue weighted by molar-refractivity contribution is 7.91. The third kappa shape index (κ3) is 4.59. The van der Waals surface area contributed by atoms with Crippen molar-refractivity contribution in [2.24, 2.45) is 0 Å². The number of sulfone groups is 1. The first-order valence-corrected chi connectivity index (χ1v) is 10.3. The number of hydrogen-bond donors (Lipinski definition) is 1. The van der Waals surface area contributed by atoms with E-state index in [4.69, 9.17) is 25.8 Å². The molecule has 2 aliphatic rings. The minimum atomic E-state index is -3.09. The Morgan fingerprint density at radius 2 is 2.04 bits per heavy atom. The molecule has 0 unspecified atom stereocenters. The van der Waals surface area contributed by atoms with Crippen LogP contribution in [0.1, 0.15) is 23.2 Å². The first-order chi connectivity index (χ1) is 12.3. The van der Waals surface area contributed by atoms with Crippen molar-refractivity contribution in [3.8, 4) is 11.5 Å². The first-order valence-electron chi connectivity index (χ1n) is 8.10. The molecule has 26 heavy (non-hydrogen) atoms. The van der Waals surface area contributed by atoms with E-state index >= 15 is 0 Å². The summed E-state index contributed by atoms with van der Waals surface area (Å²) in [5, 5.41) is 2.76. The average molecular weight is 404 g/mol. The van der Waals surface area contributed by atoms with Gasteiger partial charge in [0.1, 0.15) is 0 Å². The molecule has 10 heteroatoms. The Morgan fingerprint density at radius 1 is 1.27 bits per heavy atom. The summed E-state index contributed by atoms with van der Waals surface area (Å²) in [6.07, 6.45) is 1.06. The number of hydrogen-bond acceptors (Lipinski definition) is 7. The normalized spacial score (nSPS) is 20.9. The zero-order chi connectivity index (χ0) is 18.7. The molecule has 1 aromatic carbocycles. The SMILES string of the molecule is O=C(COC(=O)c1cc(Cl)c2c(c1)OCCCO2)N[C@H]1CCS(=O)(=O)C1. The minimum absolute atomic E-state index is 0.0490. The van der Waals surface area contributed by atoms with Crippen LogP contribution in [0.25, 0.3) is 0 Å². The van der Waals surface area contributed by atoms with E-state index in [1.165, 1.54) is 12.1 Å². The van der Waals surface area contributed by atoms with E-state index in [1.807, 2.05) is 0 Å². The Balaban J connectivity index is 1.57. The molecule has 142 valence electrons. The van der Waals surface area contributed by atoms with Crippen LogP contribution in [-0.4, -0.2) is 57.7 Å². The summed E-state index contributed by atoms with van der Waals surface area (Å²) < 4.78 is 38.7. The summed E-state index contributed by atoms with van der Waals surface area (Å²) in [7, 11) is -3.09. The molecule has 1 saturated heterocycles. The van der Waals surface area contributed by atoms with Crippen molar-refractivity contribution in [3.05, 3.63) is 22.7 Å². The number of ether oxygens (including phenoxy) is 3. The van der Waals surface area contributed by atoms with Crippen molar-refractivity contribution in [1.29, 1.82) is 0 Å². The van der Waals surface area contributed by atoms with Gasteiger partial charge in [0, 0.05) is 12.5 Å². The summed E-state index contributed by atoms with van der Waals surface area (Å²) in [6.45, 7) is 0.392. The van der Waals surface area contributed by atoms with Gasteiger partial charge in [0.25, 0.3) is 5.91 Å². The van der Waals surface area contributed by atoms with Gasteiger partial charge >= 0.3 is 5.97 Å². The van der Waals surface area contributed by atoms with Crippen LogP contribution in [-0.2, 0) is 19.4 Å². The molecular formula is C16H18ClNO7S. The lowest BCUT2D eigenvalue weighted by Crippen LogP contribution is -2.38. The summed E-state index contributed by atoms with van der Waals surface area (Å²) in [5.41, 5.74) is 0.135. The molecule has 3 rings (SSSR count). The minimum Gasteiger partial charge on any atom is -0.489 e. The Kier molecular flexibility index (Phi) is 5.57. The topological polar surface area (TPSA) is 108 Å². The number of esters is 1. The summed E-state index contributed by atoms with van der Waals surface area (Å²) in [6, 6.07) is 2.40. The molecule has 0 bridgehead atoms. The number of halogens is 1. The highest BCUT2D eigenvalue weighted by Crippen LogP contribution is 2.38. The van der Waals surface area contributed by atoms with Crippen molar-refractivity contribution in [1.82, 2.24) is 5.32 Å². The van der Waals surface area contributed by atoms with Crippen molar-refractivity contribution in [2.45, 2.75) is 18.9 Å². The van der Waals surface area contributed by atoms with Crippen LogP contribution in [0.2, 0.25) is 5.02 Å². The van der Waals surface area contributed by atoms with Crippen LogP contribution < -0.4 is 14.8 Å².